The number of methoxy groups -OCH3 is 1. The number of carbonyl (C=O) groups is 1. The molecule has 0 bridgehead atoms. The normalized spacial score (nSPS) is 14.1. The van der Waals surface area contributed by atoms with Crippen LogP contribution in [0.4, 0.5) is 5.69 Å². The molecule has 0 fully saturated rings. The molecular formula is C19H21ClN2O2. The van der Waals surface area contributed by atoms with Crippen LogP contribution in [-0.2, 0) is 17.8 Å². The molecule has 0 unspecified atom stereocenters. The number of nitrogens with one attached hydrogen (secondary N) is 1. The molecule has 3 rings (SSSR count). The van der Waals surface area contributed by atoms with Crippen molar-refractivity contribution in [1.82, 2.24) is 4.90 Å². The fourth-order valence-electron chi connectivity index (χ4n) is 2.98. The van der Waals surface area contributed by atoms with Gasteiger partial charge < -0.3 is 10.1 Å². The Balaban J connectivity index is 1.64. The Kier molecular flexibility index (Phi) is 5.07. The van der Waals surface area contributed by atoms with E-state index in [9.17, 15) is 4.79 Å². The second-order valence-corrected chi connectivity index (χ2v) is 6.54. The van der Waals surface area contributed by atoms with Gasteiger partial charge in [0, 0.05) is 23.8 Å². The van der Waals surface area contributed by atoms with Crippen LogP contribution in [0.3, 0.4) is 0 Å². The van der Waals surface area contributed by atoms with Crippen molar-refractivity contribution in [2.75, 3.05) is 25.5 Å². The van der Waals surface area contributed by atoms with Crippen LogP contribution in [0.25, 0.3) is 0 Å². The Hall–Kier alpha value is -2.04. The summed E-state index contributed by atoms with van der Waals surface area (Å²) in [5.74, 6) is 0.835. The molecule has 0 saturated heterocycles. The van der Waals surface area contributed by atoms with Crippen LogP contribution >= 0.6 is 11.6 Å². The first-order valence-electron chi connectivity index (χ1n) is 7.99. The van der Waals surface area contributed by atoms with Crippen LogP contribution in [0.1, 0.15) is 16.7 Å². The Bertz CT molecular complexity index is 761. The van der Waals surface area contributed by atoms with Gasteiger partial charge in [-0.2, -0.15) is 0 Å². The SMILES string of the molecule is COc1ccc2c(c1)CN(CC(=O)Nc1cc(Cl)ccc1C)CC2. The van der Waals surface area contributed by atoms with Crippen LogP contribution < -0.4 is 10.1 Å². The zero-order valence-corrected chi connectivity index (χ0v) is 14.7. The highest BCUT2D eigenvalue weighted by Gasteiger charge is 2.19. The van der Waals surface area contributed by atoms with Crippen LogP contribution in [-0.4, -0.2) is 31.0 Å². The average Bonchev–Trinajstić information content (AvgIpc) is 2.57. The number of nitrogens with zero attached hydrogens (tertiary/aromatic N) is 1. The maximum absolute atomic E-state index is 12.4. The smallest absolute Gasteiger partial charge is 0.238 e. The van der Waals surface area contributed by atoms with Gasteiger partial charge in [0.2, 0.25) is 5.91 Å². The first-order chi connectivity index (χ1) is 11.5. The summed E-state index contributed by atoms with van der Waals surface area (Å²) in [6.45, 7) is 3.95. The van der Waals surface area contributed by atoms with Gasteiger partial charge in [0.05, 0.1) is 13.7 Å². The van der Waals surface area contributed by atoms with Crippen molar-refractivity contribution in [2.45, 2.75) is 19.9 Å². The number of anilines is 1. The quantitative estimate of drug-likeness (QED) is 0.920. The second kappa shape index (κ2) is 7.24. The molecule has 0 spiro atoms. The van der Waals surface area contributed by atoms with E-state index in [2.05, 4.69) is 22.3 Å². The number of aryl methyl sites for hydroxylation is 1. The van der Waals surface area contributed by atoms with E-state index in [4.69, 9.17) is 16.3 Å². The lowest BCUT2D eigenvalue weighted by Gasteiger charge is -2.28. The molecule has 2 aromatic rings. The highest BCUT2D eigenvalue weighted by atomic mass is 35.5. The Morgan fingerprint density at radius 3 is 2.88 bits per heavy atom. The molecule has 1 amide bonds. The number of fused-ring (bicyclic) bond motifs is 1. The van der Waals surface area contributed by atoms with Crippen molar-refractivity contribution < 1.29 is 9.53 Å². The molecular weight excluding hydrogens is 324 g/mol. The van der Waals surface area contributed by atoms with Crippen LogP contribution in [0, 0.1) is 6.92 Å². The molecule has 1 aliphatic heterocycles. The van der Waals surface area contributed by atoms with Crippen molar-refractivity contribution in [1.29, 1.82) is 0 Å². The summed E-state index contributed by atoms with van der Waals surface area (Å²) in [7, 11) is 1.67. The lowest BCUT2D eigenvalue weighted by molar-refractivity contribution is -0.117. The Morgan fingerprint density at radius 2 is 2.08 bits per heavy atom. The number of carbonyl (C=O) groups excluding carboxylic acids is 1. The molecule has 1 aliphatic rings. The summed E-state index contributed by atoms with van der Waals surface area (Å²) >= 11 is 6.00. The van der Waals surface area contributed by atoms with E-state index < -0.39 is 0 Å². The van der Waals surface area contributed by atoms with E-state index in [0.717, 1.165) is 36.5 Å². The van der Waals surface area contributed by atoms with Gasteiger partial charge in [-0.15, -0.1) is 0 Å². The first-order valence-corrected chi connectivity index (χ1v) is 8.37. The van der Waals surface area contributed by atoms with Gasteiger partial charge in [-0.25, -0.2) is 0 Å². The number of halogens is 1. The molecule has 4 nitrogen and oxygen atoms in total. The molecule has 2 aromatic carbocycles. The zero-order valence-electron chi connectivity index (χ0n) is 13.9. The maximum atomic E-state index is 12.4. The highest BCUT2D eigenvalue weighted by molar-refractivity contribution is 6.31. The Labute approximate surface area is 147 Å². The zero-order chi connectivity index (χ0) is 17.1. The lowest BCUT2D eigenvalue weighted by Crippen LogP contribution is -2.37. The first kappa shape index (κ1) is 16.8. The summed E-state index contributed by atoms with van der Waals surface area (Å²) < 4.78 is 5.29. The van der Waals surface area contributed by atoms with Gasteiger partial charge in [0.25, 0.3) is 0 Å². The molecule has 0 saturated carbocycles. The third-order valence-electron chi connectivity index (χ3n) is 4.35. The summed E-state index contributed by atoms with van der Waals surface area (Å²) in [4.78, 5) is 14.5. The molecule has 1 heterocycles. The van der Waals surface area contributed by atoms with E-state index in [-0.39, 0.29) is 5.91 Å². The minimum atomic E-state index is -0.0216. The fraction of sp³-hybridized carbons (Fsp3) is 0.316. The molecule has 0 aromatic heterocycles. The summed E-state index contributed by atoms with van der Waals surface area (Å²) in [5, 5.41) is 3.58. The molecule has 0 atom stereocenters. The molecule has 24 heavy (non-hydrogen) atoms. The summed E-state index contributed by atoms with van der Waals surface area (Å²) in [6.07, 6.45) is 0.947. The van der Waals surface area contributed by atoms with Gasteiger partial charge in [-0.1, -0.05) is 23.7 Å². The average molecular weight is 345 g/mol. The van der Waals surface area contributed by atoms with Crippen LogP contribution in [0.5, 0.6) is 5.75 Å². The van der Waals surface area contributed by atoms with E-state index in [1.54, 1.807) is 13.2 Å². The largest absolute Gasteiger partial charge is 0.497 e. The second-order valence-electron chi connectivity index (χ2n) is 6.10. The van der Waals surface area contributed by atoms with Gasteiger partial charge in [0.15, 0.2) is 0 Å². The predicted molar refractivity (Wildman–Crippen MR) is 96.8 cm³/mol. The number of benzene rings is 2. The van der Waals surface area contributed by atoms with E-state index in [1.807, 2.05) is 25.1 Å². The standard InChI is InChI=1S/C19H21ClN2O2/c1-13-3-5-16(20)10-18(13)21-19(23)12-22-8-7-14-4-6-17(24-2)9-15(14)11-22/h3-6,9-10H,7-8,11-12H2,1-2H3,(H,21,23). The van der Waals surface area contributed by atoms with Crippen molar-refractivity contribution in [3.8, 4) is 5.75 Å². The third-order valence-corrected chi connectivity index (χ3v) is 4.58. The van der Waals surface area contributed by atoms with Crippen LogP contribution in [0.2, 0.25) is 5.02 Å². The minimum Gasteiger partial charge on any atom is -0.497 e. The monoisotopic (exact) mass is 344 g/mol. The van der Waals surface area contributed by atoms with E-state index >= 15 is 0 Å². The summed E-state index contributed by atoms with van der Waals surface area (Å²) in [6, 6.07) is 11.7. The minimum absolute atomic E-state index is 0.0216. The van der Waals surface area contributed by atoms with Crippen LogP contribution in [0.15, 0.2) is 36.4 Å². The molecule has 5 heteroatoms. The predicted octanol–water partition coefficient (Wildman–Crippen LogP) is 3.65. The topological polar surface area (TPSA) is 41.6 Å². The van der Waals surface area contributed by atoms with Crippen molar-refractivity contribution in [3.05, 3.63) is 58.1 Å². The van der Waals surface area contributed by atoms with Gasteiger partial charge in [-0.3, -0.25) is 9.69 Å². The molecule has 0 radical (unpaired) electrons. The number of hydrogen-bond donors (Lipinski definition) is 1. The van der Waals surface area contributed by atoms with Crippen molar-refractivity contribution in [3.63, 3.8) is 0 Å². The molecule has 126 valence electrons. The van der Waals surface area contributed by atoms with E-state index in [0.29, 0.717) is 11.6 Å². The molecule has 1 N–H and O–H groups in total. The van der Waals surface area contributed by atoms with E-state index in [1.165, 1.54) is 11.1 Å². The van der Waals surface area contributed by atoms with Gasteiger partial charge >= 0.3 is 0 Å². The number of ether oxygens (including phenoxy) is 1. The molecule has 0 aliphatic carbocycles. The maximum Gasteiger partial charge on any atom is 0.238 e. The Morgan fingerprint density at radius 1 is 1.25 bits per heavy atom. The number of rotatable bonds is 4. The van der Waals surface area contributed by atoms with Gasteiger partial charge in [0.1, 0.15) is 5.75 Å². The third kappa shape index (κ3) is 3.89. The van der Waals surface area contributed by atoms with Crippen molar-refractivity contribution >= 4 is 23.2 Å². The lowest BCUT2D eigenvalue weighted by atomic mass is 9.99. The number of hydrogen-bond acceptors (Lipinski definition) is 3. The van der Waals surface area contributed by atoms with Gasteiger partial charge in [-0.05, 0) is 54.3 Å². The highest BCUT2D eigenvalue weighted by Crippen LogP contribution is 2.24. The number of amides is 1. The fourth-order valence-corrected chi connectivity index (χ4v) is 3.15. The summed E-state index contributed by atoms with van der Waals surface area (Å²) in [5.41, 5.74) is 4.33. The van der Waals surface area contributed by atoms with Crippen molar-refractivity contribution in [2.24, 2.45) is 0 Å².